The largest absolute Gasteiger partial charge is 0.448 e. The highest BCUT2D eigenvalue weighted by Gasteiger charge is 2.37. The highest BCUT2D eigenvalue weighted by molar-refractivity contribution is 6.00. The number of ether oxygens (including phenoxy) is 1. The van der Waals surface area contributed by atoms with Crippen molar-refractivity contribution >= 4 is 28.9 Å². The summed E-state index contributed by atoms with van der Waals surface area (Å²) in [5, 5.41) is 5.29. The molecule has 0 radical (unpaired) electrons. The molecule has 10 nitrogen and oxygen atoms in total. The highest BCUT2D eigenvalue weighted by atomic mass is 16.5. The molecule has 0 saturated carbocycles. The van der Waals surface area contributed by atoms with Gasteiger partial charge in [-0.1, -0.05) is 57.1 Å². The van der Waals surface area contributed by atoms with Gasteiger partial charge in [0, 0.05) is 32.1 Å². The summed E-state index contributed by atoms with van der Waals surface area (Å²) in [4.78, 5) is 51.7. The van der Waals surface area contributed by atoms with Crippen LogP contribution in [0.25, 0.3) is 11.0 Å². The van der Waals surface area contributed by atoms with Crippen LogP contribution in [-0.2, 0) is 27.8 Å². The lowest BCUT2D eigenvalue weighted by atomic mass is 10.0. The molecular weight excluding hydrogens is 546 g/mol. The van der Waals surface area contributed by atoms with Gasteiger partial charge >= 0.3 is 11.8 Å². The molecule has 0 spiro atoms. The fourth-order valence-electron chi connectivity index (χ4n) is 7.42. The molecule has 3 aliphatic rings. The summed E-state index contributed by atoms with van der Waals surface area (Å²) in [5.41, 5.74) is 2.55. The number of fused-ring (bicyclic) bond motifs is 2. The molecule has 43 heavy (non-hydrogen) atoms. The van der Waals surface area contributed by atoms with Gasteiger partial charge in [-0.15, -0.1) is 0 Å². The van der Waals surface area contributed by atoms with Crippen LogP contribution >= 0.6 is 0 Å². The summed E-state index contributed by atoms with van der Waals surface area (Å²) in [6.07, 6.45) is 16.6. The van der Waals surface area contributed by atoms with Gasteiger partial charge in [0.15, 0.2) is 0 Å². The highest BCUT2D eigenvalue weighted by Crippen LogP contribution is 2.32. The third-order valence-electron chi connectivity index (χ3n) is 9.73. The maximum atomic E-state index is 13.1. The van der Waals surface area contributed by atoms with Crippen molar-refractivity contribution < 1.29 is 19.1 Å². The van der Waals surface area contributed by atoms with E-state index in [0.717, 1.165) is 67.7 Å². The van der Waals surface area contributed by atoms with E-state index in [-0.39, 0.29) is 24.1 Å². The van der Waals surface area contributed by atoms with Crippen LogP contribution in [0, 0.1) is 0 Å². The van der Waals surface area contributed by atoms with Gasteiger partial charge in [-0.2, -0.15) is 0 Å². The summed E-state index contributed by atoms with van der Waals surface area (Å²) in [6.45, 7) is 2.37. The lowest BCUT2D eigenvalue weighted by Gasteiger charge is -2.23. The van der Waals surface area contributed by atoms with Gasteiger partial charge in [-0.25, -0.2) is 9.59 Å². The molecule has 2 N–H and O–H groups in total. The number of rotatable bonds is 15. The quantitative estimate of drug-likeness (QED) is 0.227. The number of hydrogen-bond acceptors (Lipinski definition) is 6. The maximum absolute atomic E-state index is 13.1. The Morgan fingerprint density at radius 1 is 0.953 bits per heavy atom. The summed E-state index contributed by atoms with van der Waals surface area (Å²) >= 11 is 0. The fraction of sp³-hybridized carbons (Fsp3) is 0.697. The second kappa shape index (κ2) is 15.0. The Morgan fingerprint density at radius 2 is 1.70 bits per heavy atom. The van der Waals surface area contributed by atoms with Gasteiger partial charge in [-0.05, 0) is 69.5 Å². The van der Waals surface area contributed by atoms with E-state index in [4.69, 9.17) is 4.74 Å². The minimum atomic E-state index is -0.651. The van der Waals surface area contributed by atoms with Gasteiger partial charge in [-0.3, -0.25) is 28.9 Å². The number of aromatic nitrogens is 2. The van der Waals surface area contributed by atoms with Crippen LogP contribution in [0.1, 0.15) is 108 Å². The van der Waals surface area contributed by atoms with Gasteiger partial charge in [0.05, 0.1) is 11.0 Å². The van der Waals surface area contributed by atoms with E-state index < -0.39 is 11.9 Å². The van der Waals surface area contributed by atoms with Gasteiger partial charge in [0.1, 0.15) is 12.6 Å². The Hall–Kier alpha value is -3.14. The van der Waals surface area contributed by atoms with Gasteiger partial charge in [0.25, 0.3) is 0 Å². The van der Waals surface area contributed by atoms with E-state index in [2.05, 4.69) is 21.6 Å². The van der Waals surface area contributed by atoms with Crippen LogP contribution in [0.3, 0.4) is 0 Å². The fourth-order valence-corrected chi connectivity index (χ4v) is 7.42. The third kappa shape index (κ3) is 7.69. The van der Waals surface area contributed by atoms with E-state index in [1.807, 2.05) is 12.1 Å². The topological polar surface area (TPSA) is 115 Å². The van der Waals surface area contributed by atoms with Crippen molar-refractivity contribution in [1.82, 2.24) is 24.7 Å². The normalized spacial score (nSPS) is 22.2. The average molecular weight is 596 g/mol. The number of unbranched alkanes of at least 4 members (excludes halogenated alkanes) is 8. The average Bonchev–Trinajstić information content (AvgIpc) is 3.68. The first-order valence-electron chi connectivity index (χ1n) is 16.6. The number of carbonyl (C=O) groups excluding carboxylic acids is 3. The Morgan fingerprint density at radius 3 is 2.47 bits per heavy atom. The number of nitrogens with zero attached hydrogens (tertiary/aromatic N) is 3. The van der Waals surface area contributed by atoms with Crippen LogP contribution in [0.2, 0.25) is 0 Å². The number of piperidine rings is 1. The molecule has 3 amide bonds. The molecule has 3 fully saturated rings. The van der Waals surface area contributed by atoms with E-state index in [9.17, 15) is 19.2 Å². The standard InChI is InChI=1S/C33H49N5O5/c1-36-30-24(14-11-16-27(30)38(33(36)42)28-19-20-29(39)35-31(28)40)13-9-7-5-3-2-4-6-8-10-21-34-32(41)43-23-26-18-17-25-15-12-22-37(25)26/h11,14,16,25-26,28H,2-10,12-13,15,17-23H2,1H3,(H,34,41)(H,35,39,40). The van der Waals surface area contributed by atoms with Crippen LogP contribution in [-0.4, -0.2) is 63.7 Å². The predicted octanol–water partition coefficient (Wildman–Crippen LogP) is 4.72. The molecular formula is C33H49N5O5. The summed E-state index contributed by atoms with van der Waals surface area (Å²) in [7, 11) is 1.76. The molecule has 0 bridgehead atoms. The molecule has 10 heteroatoms. The molecule has 3 aliphatic heterocycles. The van der Waals surface area contributed by atoms with Crippen molar-refractivity contribution in [2.45, 2.75) is 121 Å². The van der Waals surface area contributed by atoms with Crippen molar-refractivity contribution in [1.29, 1.82) is 0 Å². The van der Waals surface area contributed by atoms with Crippen molar-refractivity contribution in [3.63, 3.8) is 0 Å². The molecule has 236 valence electrons. The zero-order valence-corrected chi connectivity index (χ0v) is 25.8. The smallest absolute Gasteiger partial charge is 0.407 e. The van der Waals surface area contributed by atoms with Crippen molar-refractivity contribution in [2.75, 3.05) is 19.7 Å². The molecule has 1 aromatic heterocycles. The van der Waals surface area contributed by atoms with E-state index in [0.29, 0.717) is 25.6 Å². The Labute approximate surface area is 254 Å². The lowest BCUT2D eigenvalue weighted by Crippen LogP contribution is -2.44. The summed E-state index contributed by atoms with van der Waals surface area (Å²) in [6, 6.07) is 6.42. The number of benzene rings is 1. The van der Waals surface area contributed by atoms with Crippen molar-refractivity contribution in [3.05, 3.63) is 34.2 Å². The molecule has 3 unspecified atom stereocenters. The number of imide groups is 1. The first-order valence-corrected chi connectivity index (χ1v) is 16.6. The minimum Gasteiger partial charge on any atom is -0.448 e. The lowest BCUT2D eigenvalue weighted by molar-refractivity contribution is -0.135. The van der Waals surface area contributed by atoms with Crippen LogP contribution in [0.4, 0.5) is 4.79 Å². The van der Waals surface area contributed by atoms with Crippen LogP contribution < -0.4 is 16.3 Å². The van der Waals surface area contributed by atoms with Gasteiger partial charge in [0.2, 0.25) is 11.8 Å². The molecule has 5 rings (SSSR count). The number of aryl methyl sites for hydroxylation is 2. The molecule has 3 atom stereocenters. The van der Waals surface area contributed by atoms with Crippen molar-refractivity contribution in [2.24, 2.45) is 7.05 Å². The second-order valence-corrected chi connectivity index (χ2v) is 12.7. The zero-order chi connectivity index (χ0) is 30.2. The first kappa shape index (κ1) is 31.3. The first-order chi connectivity index (χ1) is 20.9. The Bertz CT molecular complexity index is 1330. The number of hydrogen-bond donors (Lipinski definition) is 2. The third-order valence-corrected chi connectivity index (χ3v) is 9.73. The Kier molecular flexibility index (Phi) is 10.9. The minimum absolute atomic E-state index is 0.216. The van der Waals surface area contributed by atoms with E-state index in [1.165, 1.54) is 51.4 Å². The molecule has 2 aromatic rings. The molecule has 1 aromatic carbocycles. The molecule has 3 saturated heterocycles. The monoisotopic (exact) mass is 595 g/mol. The second-order valence-electron chi connectivity index (χ2n) is 12.7. The van der Waals surface area contributed by atoms with Crippen LogP contribution in [0.15, 0.2) is 23.0 Å². The van der Waals surface area contributed by atoms with E-state index in [1.54, 1.807) is 16.2 Å². The zero-order valence-electron chi connectivity index (χ0n) is 25.8. The SMILES string of the molecule is Cn1c(=O)n(C2CCC(=O)NC2=O)c2cccc(CCCCCCCCCCCNC(=O)OCC3CCC4CCCN43)c21. The maximum Gasteiger partial charge on any atom is 0.407 e. The number of imidazole rings is 1. The van der Waals surface area contributed by atoms with Gasteiger partial charge < -0.3 is 10.1 Å². The predicted molar refractivity (Wildman–Crippen MR) is 166 cm³/mol. The number of amides is 3. The number of carbonyl (C=O) groups is 3. The summed E-state index contributed by atoms with van der Waals surface area (Å²) in [5.74, 6) is -0.682. The van der Waals surface area contributed by atoms with Crippen molar-refractivity contribution in [3.8, 4) is 0 Å². The number of alkyl carbamates (subject to hydrolysis) is 1. The van der Waals surface area contributed by atoms with E-state index >= 15 is 0 Å². The Balaban J connectivity index is 0.918. The number of nitrogens with one attached hydrogen (secondary N) is 2. The number of para-hydroxylation sites is 1. The summed E-state index contributed by atoms with van der Waals surface area (Å²) < 4.78 is 8.69. The molecule has 0 aliphatic carbocycles. The molecule has 4 heterocycles. The van der Waals surface area contributed by atoms with Crippen LogP contribution in [0.5, 0.6) is 0 Å².